The van der Waals surface area contributed by atoms with Crippen molar-refractivity contribution in [1.29, 1.82) is 0 Å². The van der Waals surface area contributed by atoms with E-state index >= 15 is 4.39 Å². The molecule has 0 aliphatic carbocycles. The van der Waals surface area contributed by atoms with Gasteiger partial charge in [0.05, 0.1) is 29.0 Å². The van der Waals surface area contributed by atoms with Crippen molar-refractivity contribution < 1.29 is 18.7 Å². The average molecular weight is 648 g/mol. The predicted molar refractivity (Wildman–Crippen MR) is 180 cm³/mol. The number of nitrogens with zero attached hydrogens (tertiary/aromatic N) is 4. The van der Waals surface area contributed by atoms with E-state index in [1.807, 2.05) is 60.7 Å². The molecule has 1 N–H and O–H groups in total. The highest BCUT2D eigenvalue weighted by Gasteiger charge is 2.19. The lowest BCUT2D eigenvalue weighted by Gasteiger charge is -2.26. The molecular formula is C36H30FN5O4S. The van der Waals surface area contributed by atoms with Crippen LogP contribution in [0.3, 0.4) is 0 Å². The van der Waals surface area contributed by atoms with Crippen LogP contribution in [0, 0.1) is 5.82 Å². The Labute approximate surface area is 273 Å². The van der Waals surface area contributed by atoms with E-state index in [0.29, 0.717) is 61.2 Å². The molecule has 3 aromatic heterocycles. The molecule has 1 fully saturated rings. The summed E-state index contributed by atoms with van der Waals surface area (Å²) in [4.78, 5) is 37.7. The number of thiophene rings is 1. The second-order valence-corrected chi connectivity index (χ2v) is 12.1. The van der Waals surface area contributed by atoms with Crippen LogP contribution < -0.4 is 15.6 Å². The van der Waals surface area contributed by atoms with E-state index in [2.05, 4.69) is 15.3 Å². The third kappa shape index (κ3) is 6.35. The van der Waals surface area contributed by atoms with Crippen molar-refractivity contribution in [2.45, 2.75) is 6.54 Å². The maximum Gasteiger partial charge on any atom is 0.262 e. The number of hydrogen-bond donors (Lipinski definition) is 1. The van der Waals surface area contributed by atoms with Gasteiger partial charge in [0.2, 0.25) is 5.95 Å². The molecule has 0 spiro atoms. The Kier molecular flexibility index (Phi) is 8.47. The molecule has 0 bridgehead atoms. The minimum atomic E-state index is -0.613. The number of halogens is 1. The summed E-state index contributed by atoms with van der Waals surface area (Å²) in [5.41, 5.74) is 3.70. The van der Waals surface area contributed by atoms with E-state index in [4.69, 9.17) is 9.47 Å². The first kappa shape index (κ1) is 30.3. The van der Waals surface area contributed by atoms with Crippen molar-refractivity contribution in [3.8, 4) is 33.1 Å². The summed E-state index contributed by atoms with van der Waals surface area (Å²) < 4.78 is 29.0. The van der Waals surface area contributed by atoms with Gasteiger partial charge in [0, 0.05) is 55.6 Å². The Morgan fingerprint density at radius 1 is 0.957 bits per heavy atom. The summed E-state index contributed by atoms with van der Waals surface area (Å²) in [6, 6.07) is 25.4. The lowest BCUT2D eigenvalue weighted by molar-refractivity contribution is 0.0303. The molecule has 4 heterocycles. The first-order valence-corrected chi connectivity index (χ1v) is 15.9. The van der Waals surface area contributed by atoms with Crippen molar-refractivity contribution in [2.75, 3.05) is 31.6 Å². The standard InChI is InChI=1S/C36H30FN5O4S/c1-41-35(44)27(22-40-36(41)39-21-23-5-3-2-4-6-23)26-11-12-30(28(37)19-26)46-31-13-14-38-29-20-32(47-33(29)31)24-7-9-25(10-8-24)34(43)42-15-17-45-18-16-42/h2-14,19-20,22H,15-18,21H2,1H3,(H,39,40). The van der Waals surface area contributed by atoms with Crippen LogP contribution in [-0.4, -0.2) is 51.6 Å². The van der Waals surface area contributed by atoms with Gasteiger partial charge in [-0.15, -0.1) is 11.3 Å². The average Bonchev–Trinajstić information content (AvgIpc) is 3.56. The highest BCUT2D eigenvalue weighted by Crippen LogP contribution is 2.40. The van der Waals surface area contributed by atoms with Gasteiger partial charge in [0.1, 0.15) is 5.75 Å². The van der Waals surface area contributed by atoms with Gasteiger partial charge in [-0.2, -0.15) is 0 Å². The van der Waals surface area contributed by atoms with Gasteiger partial charge in [-0.05, 0) is 47.0 Å². The van der Waals surface area contributed by atoms with E-state index in [-0.39, 0.29) is 22.8 Å². The molecule has 1 amide bonds. The minimum Gasteiger partial charge on any atom is -0.453 e. The molecule has 0 saturated carbocycles. The highest BCUT2D eigenvalue weighted by molar-refractivity contribution is 7.22. The van der Waals surface area contributed by atoms with Crippen LogP contribution in [0.2, 0.25) is 0 Å². The molecule has 6 aromatic rings. The third-order valence-electron chi connectivity index (χ3n) is 8.02. The minimum absolute atomic E-state index is 0.00826. The molecule has 0 atom stereocenters. The number of hydrogen-bond acceptors (Lipinski definition) is 8. The van der Waals surface area contributed by atoms with E-state index in [1.165, 1.54) is 34.2 Å². The summed E-state index contributed by atoms with van der Waals surface area (Å²) in [6.45, 7) is 2.79. The largest absolute Gasteiger partial charge is 0.453 e. The van der Waals surface area contributed by atoms with E-state index < -0.39 is 5.82 Å². The topological polar surface area (TPSA) is 98.6 Å². The zero-order valence-electron chi connectivity index (χ0n) is 25.5. The Balaban J connectivity index is 1.08. The van der Waals surface area contributed by atoms with Gasteiger partial charge in [-0.1, -0.05) is 48.5 Å². The SMILES string of the molecule is Cn1c(NCc2ccccc2)ncc(-c2ccc(Oc3ccnc4cc(-c5ccc(C(=O)N6CCOCC6)cc5)sc34)c(F)c2)c1=O. The highest BCUT2D eigenvalue weighted by atomic mass is 32.1. The maximum absolute atomic E-state index is 15.4. The molecule has 47 heavy (non-hydrogen) atoms. The van der Waals surface area contributed by atoms with Crippen molar-refractivity contribution in [2.24, 2.45) is 7.05 Å². The molecule has 1 aliphatic rings. The number of carbonyl (C=O) groups is 1. The van der Waals surface area contributed by atoms with E-state index in [1.54, 1.807) is 30.3 Å². The van der Waals surface area contributed by atoms with Crippen LogP contribution in [-0.2, 0) is 18.3 Å². The number of ether oxygens (including phenoxy) is 2. The lowest BCUT2D eigenvalue weighted by atomic mass is 10.1. The summed E-state index contributed by atoms with van der Waals surface area (Å²) >= 11 is 1.47. The molecule has 0 unspecified atom stereocenters. The van der Waals surface area contributed by atoms with Crippen molar-refractivity contribution in [3.63, 3.8) is 0 Å². The summed E-state index contributed by atoms with van der Waals surface area (Å²) in [5.74, 6) is 0.276. The monoisotopic (exact) mass is 647 g/mol. The van der Waals surface area contributed by atoms with Crippen LogP contribution in [0.4, 0.5) is 10.3 Å². The molecule has 1 saturated heterocycles. The Morgan fingerprint density at radius 3 is 2.49 bits per heavy atom. The van der Waals surface area contributed by atoms with Gasteiger partial charge >= 0.3 is 0 Å². The quantitative estimate of drug-likeness (QED) is 0.195. The first-order valence-electron chi connectivity index (χ1n) is 15.1. The molecule has 7 rings (SSSR count). The molecule has 11 heteroatoms. The number of morpholine rings is 1. The summed E-state index contributed by atoms with van der Waals surface area (Å²) in [7, 11) is 1.63. The zero-order chi connectivity index (χ0) is 32.3. The Morgan fingerprint density at radius 2 is 1.72 bits per heavy atom. The predicted octanol–water partition coefficient (Wildman–Crippen LogP) is 6.74. The number of benzene rings is 3. The van der Waals surface area contributed by atoms with Crippen LogP contribution in [0.25, 0.3) is 31.8 Å². The van der Waals surface area contributed by atoms with Gasteiger partial charge in [0.25, 0.3) is 11.5 Å². The smallest absolute Gasteiger partial charge is 0.262 e. The second-order valence-electron chi connectivity index (χ2n) is 11.1. The number of anilines is 1. The van der Waals surface area contributed by atoms with Crippen LogP contribution in [0.1, 0.15) is 15.9 Å². The lowest BCUT2D eigenvalue weighted by Crippen LogP contribution is -2.40. The fraction of sp³-hybridized carbons (Fsp3) is 0.167. The number of nitrogens with one attached hydrogen (secondary N) is 1. The van der Waals surface area contributed by atoms with Gasteiger partial charge in [0.15, 0.2) is 11.6 Å². The molecule has 0 radical (unpaired) electrons. The van der Waals surface area contributed by atoms with Gasteiger partial charge in [-0.3, -0.25) is 19.1 Å². The molecule has 9 nitrogen and oxygen atoms in total. The van der Waals surface area contributed by atoms with Crippen LogP contribution in [0.5, 0.6) is 11.5 Å². The normalized spacial score (nSPS) is 13.1. The van der Waals surface area contributed by atoms with Crippen LogP contribution >= 0.6 is 11.3 Å². The number of carbonyl (C=O) groups excluding carboxylic acids is 1. The van der Waals surface area contributed by atoms with E-state index in [9.17, 15) is 9.59 Å². The third-order valence-corrected chi connectivity index (χ3v) is 9.20. The molecule has 236 valence electrons. The molecule has 1 aliphatic heterocycles. The summed E-state index contributed by atoms with van der Waals surface area (Å²) in [6.07, 6.45) is 3.07. The van der Waals surface area contributed by atoms with Gasteiger partial charge < -0.3 is 19.7 Å². The number of fused-ring (bicyclic) bond motifs is 1. The molecule has 3 aromatic carbocycles. The fourth-order valence-electron chi connectivity index (χ4n) is 5.42. The second kappa shape index (κ2) is 13.1. The van der Waals surface area contributed by atoms with Crippen molar-refractivity contribution in [1.82, 2.24) is 19.4 Å². The summed E-state index contributed by atoms with van der Waals surface area (Å²) in [5, 5.41) is 3.18. The number of pyridine rings is 1. The zero-order valence-corrected chi connectivity index (χ0v) is 26.3. The Bertz CT molecular complexity index is 2130. The maximum atomic E-state index is 15.4. The number of amides is 1. The first-order chi connectivity index (χ1) is 22.9. The van der Waals surface area contributed by atoms with Crippen molar-refractivity contribution >= 4 is 33.4 Å². The Hall–Kier alpha value is -5.39. The van der Waals surface area contributed by atoms with Crippen LogP contribution in [0.15, 0.2) is 102 Å². The van der Waals surface area contributed by atoms with E-state index in [0.717, 1.165) is 20.7 Å². The fourth-order valence-corrected chi connectivity index (χ4v) is 6.49. The van der Waals surface area contributed by atoms with Gasteiger partial charge in [-0.25, -0.2) is 9.37 Å². The number of aromatic nitrogens is 3. The molecular weight excluding hydrogens is 617 g/mol. The van der Waals surface area contributed by atoms with Crippen molar-refractivity contribution in [3.05, 3.63) is 125 Å². The number of rotatable bonds is 8.